The third-order valence-electron chi connectivity index (χ3n) is 4.99. The predicted octanol–water partition coefficient (Wildman–Crippen LogP) is 2.85. The molecule has 0 bridgehead atoms. The van der Waals surface area contributed by atoms with E-state index >= 15 is 0 Å². The van der Waals surface area contributed by atoms with Crippen molar-refractivity contribution in [1.82, 2.24) is 4.31 Å². The molecule has 0 atom stereocenters. The van der Waals surface area contributed by atoms with Crippen molar-refractivity contribution in [2.75, 3.05) is 39.8 Å². The molecule has 172 valence electrons. The highest BCUT2D eigenvalue weighted by molar-refractivity contribution is 7.89. The van der Waals surface area contributed by atoms with Crippen LogP contribution < -0.4 is 19.6 Å². The quantitative estimate of drug-likeness (QED) is 0.340. The van der Waals surface area contributed by atoms with Gasteiger partial charge in [-0.1, -0.05) is 0 Å². The van der Waals surface area contributed by atoms with Crippen LogP contribution in [0.1, 0.15) is 18.4 Å². The van der Waals surface area contributed by atoms with Crippen molar-refractivity contribution in [3.63, 3.8) is 0 Å². The van der Waals surface area contributed by atoms with E-state index in [-0.39, 0.29) is 10.6 Å². The Bertz CT molecular complexity index is 1130. The van der Waals surface area contributed by atoms with Crippen LogP contribution in [0.2, 0.25) is 0 Å². The lowest BCUT2D eigenvalue weighted by atomic mass is 10.2. The highest BCUT2D eigenvalue weighted by atomic mass is 32.2. The second-order valence-electron chi connectivity index (χ2n) is 6.84. The van der Waals surface area contributed by atoms with E-state index in [1.165, 1.54) is 44.0 Å². The van der Waals surface area contributed by atoms with Gasteiger partial charge in [0.2, 0.25) is 15.8 Å². The minimum absolute atomic E-state index is 0.0473. The molecule has 1 heterocycles. The molecule has 2 aromatic carbocycles. The standard InChI is InChI=1S/C20H24N4O7S/c1-29-18-9-6-14(19(30-2)20(18)31-3)13-21-22-16-8-7-15(12-17(16)24(25)26)32(27,28)23-10-4-5-11-23/h6-9,12-13,22H,4-5,10-11H2,1-3H3/b21-13+. The number of benzene rings is 2. The third kappa shape index (κ3) is 4.60. The number of nitrogens with zero attached hydrogens (tertiary/aromatic N) is 3. The van der Waals surface area contributed by atoms with E-state index in [1.807, 2.05) is 0 Å². The van der Waals surface area contributed by atoms with Crippen molar-refractivity contribution in [1.29, 1.82) is 0 Å². The fourth-order valence-electron chi connectivity index (χ4n) is 3.39. The zero-order valence-electron chi connectivity index (χ0n) is 17.9. The Morgan fingerprint density at radius 3 is 2.34 bits per heavy atom. The molecule has 32 heavy (non-hydrogen) atoms. The number of sulfonamides is 1. The number of hydrogen-bond donors (Lipinski definition) is 1. The van der Waals surface area contributed by atoms with Crippen LogP contribution in [0, 0.1) is 10.1 Å². The van der Waals surface area contributed by atoms with Gasteiger partial charge in [0.1, 0.15) is 5.69 Å². The highest BCUT2D eigenvalue weighted by Gasteiger charge is 2.29. The largest absolute Gasteiger partial charge is 0.493 e. The normalized spacial score (nSPS) is 14.5. The lowest BCUT2D eigenvalue weighted by Gasteiger charge is -2.15. The van der Waals surface area contributed by atoms with E-state index in [4.69, 9.17) is 14.2 Å². The van der Waals surface area contributed by atoms with E-state index in [1.54, 1.807) is 12.1 Å². The first-order chi connectivity index (χ1) is 15.3. The zero-order chi connectivity index (χ0) is 23.3. The van der Waals surface area contributed by atoms with Crippen LogP contribution in [0.15, 0.2) is 40.3 Å². The van der Waals surface area contributed by atoms with E-state index in [2.05, 4.69) is 10.5 Å². The van der Waals surface area contributed by atoms with Gasteiger partial charge >= 0.3 is 0 Å². The molecule has 0 unspecified atom stereocenters. The van der Waals surface area contributed by atoms with Crippen molar-refractivity contribution in [2.45, 2.75) is 17.7 Å². The molecule has 0 aromatic heterocycles. The summed E-state index contributed by atoms with van der Waals surface area (Å²) in [6.07, 6.45) is 2.95. The number of anilines is 1. The lowest BCUT2D eigenvalue weighted by molar-refractivity contribution is -0.384. The minimum atomic E-state index is -3.78. The second kappa shape index (κ2) is 9.83. The summed E-state index contributed by atoms with van der Waals surface area (Å²) in [7, 11) is 0.659. The number of ether oxygens (including phenoxy) is 3. The van der Waals surface area contributed by atoms with Crippen LogP contribution in [0.5, 0.6) is 17.2 Å². The molecule has 1 aliphatic rings. The highest BCUT2D eigenvalue weighted by Crippen LogP contribution is 2.39. The number of methoxy groups -OCH3 is 3. The van der Waals surface area contributed by atoms with E-state index in [9.17, 15) is 18.5 Å². The smallest absolute Gasteiger partial charge is 0.295 e. The summed E-state index contributed by atoms with van der Waals surface area (Å²) in [5, 5.41) is 15.6. The van der Waals surface area contributed by atoms with Gasteiger partial charge in [-0.15, -0.1) is 0 Å². The summed E-state index contributed by atoms with van der Waals surface area (Å²) in [6.45, 7) is 0.821. The van der Waals surface area contributed by atoms with Crippen molar-refractivity contribution in [2.24, 2.45) is 5.10 Å². The Morgan fingerprint density at radius 1 is 1.06 bits per heavy atom. The number of nitrogens with one attached hydrogen (secondary N) is 1. The van der Waals surface area contributed by atoms with Gasteiger partial charge in [0, 0.05) is 24.7 Å². The topological polar surface area (TPSA) is 133 Å². The average Bonchev–Trinajstić information content (AvgIpc) is 3.34. The Kier molecular flexibility index (Phi) is 7.15. The maximum Gasteiger partial charge on any atom is 0.295 e. The summed E-state index contributed by atoms with van der Waals surface area (Å²) in [4.78, 5) is 10.8. The molecule has 2 aromatic rings. The van der Waals surface area contributed by atoms with Gasteiger partial charge in [0.25, 0.3) is 5.69 Å². The maximum absolute atomic E-state index is 12.7. The Balaban J connectivity index is 1.88. The van der Waals surface area contributed by atoms with Gasteiger partial charge in [-0.05, 0) is 37.1 Å². The van der Waals surface area contributed by atoms with Gasteiger partial charge in [0.05, 0.1) is 37.4 Å². The lowest BCUT2D eigenvalue weighted by Crippen LogP contribution is -2.27. The van der Waals surface area contributed by atoms with Crippen LogP contribution in [0.4, 0.5) is 11.4 Å². The van der Waals surface area contributed by atoms with Crippen molar-refractivity contribution in [3.05, 3.63) is 46.0 Å². The van der Waals surface area contributed by atoms with Crippen LogP contribution in [0.3, 0.4) is 0 Å². The average molecular weight is 465 g/mol. The fraction of sp³-hybridized carbons (Fsp3) is 0.350. The molecule has 0 saturated carbocycles. The number of nitro groups is 1. The summed E-state index contributed by atoms with van der Waals surface area (Å²) in [5.74, 6) is 1.22. The molecule has 1 aliphatic heterocycles. The first-order valence-corrected chi connectivity index (χ1v) is 11.1. The Hall–Kier alpha value is -3.38. The van der Waals surface area contributed by atoms with Crippen LogP contribution in [-0.4, -0.2) is 58.3 Å². The minimum Gasteiger partial charge on any atom is -0.493 e. The SMILES string of the molecule is COc1ccc(/C=N/Nc2ccc(S(=O)(=O)N3CCCC3)cc2[N+](=O)[O-])c(OC)c1OC. The third-order valence-corrected chi connectivity index (χ3v) is 6.89. The van der Waals surface area contributed by atoms with E-state index in [0.717, 1.165) is 18.9 Å². The van der Waals surface area contributed by atoms with Crippen molar-refractivity contribution < 1.29 is 27.6 Å². The molecule has 0 amide bonds. The number of nitro benzene ring substituents is 1. The summed E-state index contributed by atoms with van der Waals surface area (Å²) in [5.41, 5.74) is 2.78. The molecule has 0 radical (unpaired) electrons. The molecule has 11 nitrogen and oxygen atoms in total. The first kappa shape index (κ1) is 23.3. The van der Waals surface area contributed by atoms with Gasteiger partial charge in [-0.3, -0.25) is 15.5 Å². The zero-order valence-corrected chi connectivity index (χ0v) is 18.7. The number of hydrogen-bond acceptors (Lipinski definition) is 9. The molecular weight excluding hydrogens is 440 g/mol. The van der Waals surface area contributed by atoms with Gasteiger partial charge in [0.15, 0.2) is 11.5 Å². The number of rotatable bonds is 9. The van der Waals surface area contributed by atoms with E-state index in [0.29, 0.717) is 35.9 Å². The summed E-state index contributed by atoms with van der Waals surface area (Å²) in [6, 6.07) is 7.05. The van der Waals surface area contributed by atoms with Gasteiger partial charge < -0.3 is 14.2 Å². The predicted molar refractivity (Wildman–Crippen MR) is 118 cm³/mol. The van der Waals surface area contributed by atoms with E-state index < -0.39 is 20.6 Å². The fourth-order valence-corrected chi connectivity index (χ4v) is 4.93. The van der Waals surface area contributed by atoms with Gasteiger partial charge in [-0.2, -0.15) is 9.41 Å². The Labute approximate surface area is 185 Å². The first-order valence-electron chi connectivity index (χ1n) is 9.70. The number of hydrazone groups is 1. The summed E-state index contributed by atoms with van der Waals surface area (Å²) < 4.78 is 42.7. The Morgan fingerprint density at radius 2 is 1.75 bits per heavy atom. The molecule has 1 saturated heterocycles. The molecule has 0 aliphatic carbocycles. The monoisotopic (exact) mass is 464 g/mol. The molecule has 12 heteroatoms. The van der Waals surface area contributed by atoms with Crippen LogP contribution >= 0.6 is 0 Å². The summed E-state index contributed by atoms with van der Waals surface area (Å²) >= 11 is 0. The van der Waals surface area contributed by atoms with Crippen molar-refractivity contribution >= 4 is 27.6 Å². The second-order valence-corrected chi connectivity index (χ2v) is 8.78. The molecule has 3 rings (SSSR count). The molecule has 1 fully saturated rings. The molecule has 0 spiro atoms. The molecular formula is C20H24N4O7S. The van der Waals surface area contributed by atoms with Crippen LogP contribution in [-0.2, 0) is 10.0 Å². The van der Waals surface area contributed by atoms with Crippen LogP contribution in [0.25, 0.3) is 0 Å². The molecule has 1 N–H and O–H groups in total. The maximum atomic E-state index is 12.7. The van der Waals surface area contributed by atoms with Gasteiger partial charge in [-0.25, -0.2) is 8.42 Å². The van der Waals surface area contributed by atoms with Crippen molar-refractivity contribution in [3.8, 4) is 17.2 Å².